The fourth-order valence-electron chi connectivity index (χ4n) is 11.0. The Morgan fingerprint density at radius 3 is 2.22 bits per heavy atom. The number of aryl methyl sites for hydroxylation is 1. The van der Waals surface area contributed by atoms with Gasteiger partial charge in [-0.05, 0) is 50.0 Å². The number of benzene rings is 3. The van der Waals surface area contributed by atoms with E-state index in [0.717, 1.165) is 42.9 Å². The van der Waals surface area contributed by atoms with Crippen molar-refractivity contribution in [2.75, 3.05) is 43.5 Å². The average molecular weight is 1100 g/mol. The molecule has 0 aliphatic carbocycles. The molecule has 1 amide bonds. The molecule has 20 heteroatoms. The third-order valence-corrected chi connectivity index (χ3v) is 15.7. The number of esters is 1. The number of aliphatic hydroxyl groups excluding tert-OH is 2. The number of nitrogens with one attached hydrogen (secondary N) is 1. The molecule has 3 aromatic carbocycles. The highest BCUT2D eigenvalue weighted by atomic mass is 35.5. The van der Waals surface area contributed by atoms with Gasteiger partial charge in [-0.3, -0.25) is 19.4 Å². The van der Waals surface area contributed by atoms with E-state index in [0.29, 0.717) is 35.3 Å². The molecular weight excluding hydrogens is 1020 g/mol. The zero-order valence-corrected chi connectivity index (χ0v) is 47.3. The number of nitrogens with two attached hydrogens (primary N) is 2. The molecule has 5 heterocycles. The van der Waals surface area contributed by atoms with Crippen LogP contribution in [0.3, 0.4) is 0 Å². The molecule has 0 radical (unpaired) electrons. The summed E-state index contributed by atoms with van der Waals surface area (Å²) in [6.07, 6.45) is 5.82. The van der Waals surface area contributed by atoms with Crippen LogP contribution < -0.4 is 32.2 Å². The summed E-state index contributed by atoms with van der Waals surface area (Å²) in [6.45, 7) is 21.6. The number of likely N-dealkylation sites (tertiary alicyclic amines) is 1. The van der Waals surface area contributed by atoms with E-state index >= 15 is 0 Å². The lowest BCUT2D eigenvalue weighted by Gasteiger charge is -2.38. The minimum absolute atomic E-state index is 0.0538. The number of ether oxygens (including phenoxy) is 4. The number of nitrogen functional groups attached to an aromatic ring is 2. The molecule has 4 aromatic rings. The summed E-state index contributed by atoms with van der Waals surface area (Å²) in [5, 5.41) is 51.2. The van der Waals surface area contributed by atoms with Crippen molar-refractivity contribution in [3.63, 3.8) is 0 Å². The zero-order chi connectivity index (χ0) is 57.3. The molecular formula is C58H75ClN8O11. The molecule has 4 bridgehead atoms. The minimum Gasteiger partial charge on any atom is -0.507 e. The number of methoxy groups -OCH3 is 1. The molecule has 19 nitrogen and oxygen atoms in total. The molecule has 1 saturated heterocycles. The maximum absolute atomic E-state index is 14.7. The number of nitrogens with zero attached hydrogens (tertiary/aromatic N) is 5. The molecule has 9 atom stereocenters. The van der Waals surface area contributed by atoms with Crippen LogP contribution in [-0.2, 0) is 30.2 Å². The van der Waals surface area contributed by atoms with Crippen molar-refractivity contribution >= 4 is 57.5 Å². The predicted octanol–water partition coefficient (Wildman–Crippen LogP) is 7.27. The van der Waals surface area contributed by atoms with Crippen LogP contribution in [0.25, 0.3) is 21.9 Å². The van der Waals surface area contributed by atoms with Crippen LogP contribution >= 0.6 is 11.6 Å². The number of hydrogen-bond acceptors (Lipinski definition) is 18. The third kappa shape index (κ3) is 11.9. The number of halogens is 1. The van der Waals surface area contributed by atoms with E-state index in [1.165, 1.54) is 27.2 Å². The second kappa shape index (κ2) is 23.8. The molecule has 1 aromatic heterocycles. The molecule has 420 valence electrons. The second-order valence-electron chi connectivity index (χ2n) is 21.6. The number of carbonyl (C=O) groups excluding carboxylic acids is 3. The molecule has 4 aliphatic heterocycles. The van der Waals surface area contributed by atoms with Crippen molar-refractivity contribution in [1.29, 1.82) is 0 Å². The van der Waals surface area contributed by atoms with E-state index in [4.69, 9.17) is 47.0 Å². The van der Waals surface area contributed by atoms with Gasteiger partial charge in [0.25, 0.3) is 11.7 Å². The van der Waals surface area contributed by atoms with Crippen molar-refractivity contribution in [2.45, 2.75) is 131 Å². The van der Waals surface area contributed by atoms with Crippen LogP contribution in [-0.4, -0.2) is 116 Å². The highest BCUT2D eigenvalue weighted by Gasteiger charge is 2.51. The lowest BCUT2D eigenvalue weighted by molar-refractivity contribution is -0.160. The Kier molecular flexibility index (Phi) is 18.0. The Balaban J connectivity index is 0.000000439. The topological polar surface area (TPSA) is 287 Å². The fraction of sp³-hybridized carbons (Fsp3) is 0.500. The number of hydrogen-bond donors (Lipinski definition) is 7. The third-order valence-electron chi connectivity index (χ3n) is 15.4. The number of piperidine rings is 1. The molecule has 4 aliphatic rings. The van der Waals surface area contributed by atoms with Crippen molar-refractivity contribution in [2.24, 2.45) is 39.6 Å². The van der Waals surface area contributed by atoms with Crippen LogP contribution in [0, 0.1) is 36.5 Å². The number of phenols is 2. The summed E-state index contributed by atoms with van der Waals surface area (Å²) in [4.78, 5) is 61.1. The van der Waals surface area contributed by atoms with Crippen LogP contribution in [0.2, 0.25) is 5.02 Å². The minimum atomic E-state index is -1.95. The Bertz CT molecular complexity index is 3180. The van der Waals surface area contributed by atoms with Crippen LogP contribution in [0.5, 0.6) is 17.2 Å². The van der Waals surface area contributed by atoms with Crippen LogP contribution in [0.1, 0.15) is 104 Å². The van der Waals surface area contributed by atoms with Gasteiger partial charge in [-0.25, -0.2) is 9.98 Å². The SMILES string of the molecule is CCc1nc(N)nc(N)c1-c1ccc(Cl)cc1.CO[C@H]1/C=C/O[C@@]2(C)Oc3c(C)c(O)c4c(O)c(c5c(c4c3C2=O)NC2(CCN(CC(C)C)CC2)N=5)=NC(=O)/C(C)=C\C=C\[C@H](C)[C@H](O)[C@@H](C)[C@@H](O)[C@@H](C)[C@H](OC(C)=O)[C@@H]1C. The lowest BCUT2D eigenvalue weighted by Crippen LogP contribution is -2.47. The molecule has 0 unspecified atom stereocenters. The van der Waals surface area contributed by atoms with Gasteiger partial charge in [0.05, 0.1) is 46.9 Å². The first-order chi connectivity index (χ1) is 36.8. The number of ketones is 1. The van der Waals surface area contributed by atoms with Gasteiger partial charge >= 0.3 is 11.8 Å². The summed E-state index contributed by atoms with van der Waals surface area (Å²) in [7, 11) is 1.47. The van der Waals surface area contributed by atoms with E-state index in [1.807, 2.05) is 31.2 Å². The molecule has 1 spiro atoms. The first kappa shape index (κ1) is 59.0. The molecule has 78 heavy (non-hydrogen) atoms. The standard InChI is InChI=1S/C46H62N4O11.C12H13ClN4/c1-22(2)21-50-18-16-46(17-19-50)48-34-31-32-39(54)28(8)42-33(31)43(56)45(10,61-42)59-20-15-30(58-11)25(5)41(60-29(9)51)27(7)38(53)26(6)37(52)23(3)13-12-14-24(4)44(57)47-36(40(32)55)35(34)49-46;1-2-9-10(11(14)17-12(15)16-9)7-3-5-8(13)6-4-7/h12-15,20,22-23,25-27,30,37-38,41,48,52-55H,16-19,21H2,1-11H3;3-6H,2H2,1H3,(H4,14,15,16,17)/b13-12+,20-15+,24-14-,47-36?;/t23-,25+,26+,27+,30-,37-,38+,41+,45-;/m0./s1. The monoisotopic (exact) mass is 1090 g/mol. The average Bonchev–Trinajstić information content (AvgIpc) is 3.77. The number of rotatable bonds is 6. The van der Waals surface area contributed by atoms with Gasteiger partial charge < -0.3 is 61.1 Å². The fourth-order valence-corrected chi connectivity index (χ4v) is 11.1. The summed E-state index contributed by atoms with van der Waals surface area (Å²) < 4.78 is 24.0. The number of allylic oxidation sites excluding steroid dienone is 2. The summed E-state index contributed by atoms with van der Waals surface area (Å²) in [5.74, 6) is -5.96. The number of aromatic nitrogens is 2. The van der Waals surface area contributed by atoms with Crippen LogP contribution in [0.15, 0.2) is 70.4 Å². The van der Waals surface area contributed by atoms with E-state index < -0.39 is 82.9 Å². The van der Waals surface area contributed by atoms with Crippen molar-refractivity contribution < 1.29 is 53.8 Å². The number of fused-ring (bicyclic) bond motifs is 1. The first-order valence-electron chi connectivity index (χ1n) is 26.5. The van der Waals surface area contributed by atoms with Gasteiger partial charge in [0, 0.05) is 104 Å². The highest BCUT2D eigenvalue weighted by molar-refractivity contribution is 6.30. The summed E-state index contributed by atoms with van der Waals surface area (Å²) in [6, 6.07) is 7.41. The largest absolute Gasteiger partial charge is 0.507 e. The second-order valence-corrected chi connectivity index (χ2v) is 22.1. The number of Topliss-reactive ketones (excluding diaryl/α,β-unsaturated/α-hetero) is 1. The maximum atomic E-state index is 14.7. The van der Waals surface area contributed by atoms with Gasteiger partial charge in [0.1, 0.15) is 39.8 Å². The van der Waals surface area contributed by atoms with Gasteiger partial charge in [-0.15, -0.1) is 0 Å². The van der Waals surface area contributed by atoms with E-state index in [-0.39, 0.29) is 55.6 Å². The van der Waals surface area contributed by atoms with Crippen molar-refractivity contribution in [3.05, 3.63) is 93.0 Å². The van der Waals surface area contributed by atoms with Crippen LogP contribution in [0.4, 0.5) is 17.5 Å². The molecule has 8 rings (SSSR count). The lowest BCUT2D eigenvalue weighted by atomic mass is 9.78. The maximum Gasteiger partial charge on any atom is 0.312 e. The summed E-state index contributed by atoms with van der Waals surface area (Å²) >= 11 is 5.86. The molecule has 1 fully saturated rings. The first-order valence-corrected chi connectivity index (χ1v) is 26.9. The predicted molar refractivity (Wildman–Crippen MR) is 298 cm³/mol. The Hall–Kier alpha value is -6.64. The summed E-state index contributed by atoms with van der Waals surface area (Å²) in [5.41, 5.74) is 14.0. The van der Waals surface area contributed by atoms with Gasteiger partial charge in [0.15, 0.2) is 5.75 Å². The quantitative estimate of drug-likeness (QED) is 0.0738. The van der Waals surface area contributed by atoms with Gasteiger partial charge in [0.2, 0.25) is 5.95 Å². The number of phenolic OH excluding ortho intramolecular Hbond substituents is 2. The number of aromatic hydroxyl groups is 2. The van der Waals surface area contributed by atoms with E-state index in [1.54, 1.807) is 65.8 Å². The number of amides is 1. The van der Waals surface area contributed by atoms with Crippen molar-refractivity contribution in [1.82, 2.24) is 14.9 Å². The van der Waals surface area contributed by atoms with Gasteiger partial charge in [-0.1, -0.05) is 90.4 Å². The molecule has 9 N–H and O–H groups in total. The van der Waals surface area contributed by atoms with Gasteiger partial charge in [-0.2, -0.15) is 4.98 Å². The smallest absolute Gasteiger partial charge is 0.312 e. The normalized spacial score (nSPS) is 27.8. The zero-order valence-electron chi connectivity index (χ0n) is 46.6. The Morgan fingerprint density at radius 2 is 1.60 bits per heavy atom. The molecule has 0 saturated carbocycles. The van der Waals surface area contributed by atoms with Crippen molar-refractivity contribution in [3.8, 4) is 28.4 Å². The van der Waals surface area contributed by atoms with E-state index in [9.17, 15) is 34.8 Å². The number of aliphatic hydroxyl groups is 2. The Morgan fingerprint density at radius 1 is 0.936 bits per heavy atom. The highest BCUT2D eigenvalue weighted by Crippen LogP contribution is 2.51. The van der Waals surface area contributed by atoms with E-state index in [2.05, 4.69) is 39.0 Å². The Labute approximate surface area is 460 Å². The number of carbonyl (C=O) groups is 3. The number of anilines is 3.